The fraction of sp³-hybridized carbons (Fsp3) is 0. The first-order valence-corrected chi connectivity index (χ1v) is 12.1. The molecule has 7 heteroatoms. The fourth-order valence-electron chi connectivity index (χ4n) is 1.15. The van der Waals surface area contributed by atoms with Crippen molar-refractivity contribution in [3.05, 3.63) is 46.3 Å². The zero-order valence-electron chi connectivity index (χ0n) is 10.1. The maximum Gasteiger partial charge on any atom is 2.00 e. The Morgan fingerprint density at radius 3 is 1.21 bits per heavy atom. The SMILES string of the molecule is O=[C]([O-])[Ge]1=[CH]C=CC=[CH]1.O=[C]([O-])[Ge]1=[CH]C=CC=[CH]1.[Mg+2]. The standard InChI is InChI=1S/2C6H6GeO2.Mg/c2*8-6(9)7-4-2-1-3-5-7;/h2*1-5H,(H,8,9);/q;;+2/p-2. The van der Waals surface area contributed by atoms with Crippen LogP contribution in [-0.4, -0.2) is 70.2 Å². The van der Waals surface area contributed by atoms with Crippen LogP contribution in [0.15, 0.2) is 46.3 Å². The van der Waals surface area contributed by atoms with Crippen LogP contribution in [0.3, 0.4) is 0 Å². The molecule has 0 amide bonds. The summed E-state index contributed by atoms with van der Waals surface area (Å²) in [5.74, 6) is 0. The molecule has 2 heterocycles. The van der Waals surface area contributed by atoms with Crippen molar-refractivity contribution in [3.63, 3.8) is 0 Å². The third kappa shape index (κ3) is 7.61. The molecule has 0 radical (unpaired) electrons. The molecule has 0 unspecified atom stereocenters. The van der Waals surface area contributed by atoms with Crippen molar-refractivity contribution in [2.24, 2.45) is 0 Å². The number of hydrogen-bond donors (Lipinski definition) is 0. The Kier molecular flexibility index (Phi) is 10.0. The predicted molar refractivity (Wildman–Crippen MR) is 76.7 cm³/mol. The van der Waals surface area contributed by atoms with E-state index >= 15 is 0 Å². The molecule has 2 rings (SSSR count). The molecule has 0 aromatic heterocycles. The van der Waals surface area contributed by atoms with Gasteiger partial charge in [0.15, 0.2) is 0 Å². The number of allylic oxidation sites excluding steroid dienone is 6. The summed E-state index contributed by atoms with van der Waals surface area (Å²) < 4.78 is 0. The molecule has 0 fully saturated rings. The Morgan fingerprint density at radius 2 is 1.05 bits per heavy atom. The summed E-state index contributed by atoms with van der Waals surface area (Å²) in [6, 6.07) is 0. The Morgan fingerprint density at radius 1 is 0.684 bits per heavy atom. The predicted octanol–water partition coefficient (Wildman–Crippen LogP) is -1.47. The molecule has 2 aliphatic rings. The molecule has 92 valence electrons. The third-order valence-electron chi connectivity index (χ3n) is 2.02. The number of carbonyl (C=O) groups is 2. The minimum atomic E-state index is -2.04. The zero-order chi connectivity index (χ0) is 13.4. The van der Waals surface area contributed by atoms with Crippen LogP contribution in [0.2, 0.25) is 0 Å². The summed E-state index contributed by atoms with van der Waals surface area (Å²) in [4.78, 5) is 25.6. The molecule has 4 nitrogen and oxygen atoms in total. The second-order valence-corrected chi connectivity index (χ2v) is 11.6. The van der Waals surface area contributed by atoms with Crippen LogP contribution in [0.1, 0.15) is 0 Å². The minimum absolute atomic E-state index is 0. The van der Waals surface area contributed by atoms with Gasteiger partial charge in [0.05, 0.1) is 0 Å². The molecule has 0 aromatic rings. The summed E-state index contributed by atoms with van der Waals surface area (Å²) in [6.45, 7) is 0. The van der Waals surface area contributed by atoms with Gasteiger partial charge in [-0.25, -0.2) is 0 Å². The van der Waals surface area contributed by atoms with E-state index in [9.17, 15) is 19.8 Å². The topological polar surface area (TPSA) is 80.3 Å². The van der Waals surface area contributed by atoms with Crippen LogP contribution in [0.5, 0.6) is 0 Å². The Hall–Kier alpha value is -0.508. The van der Waals surface area contributed by atoms with Gasteiger partial charge in [0.1, 0.15) is 0 Å². The van der Waals surface area contributed by atoms with Crippen LogP contribution >= 0.6 is 0 Å². The van der Waals surface area contributed by atoms with Crippen molar-refractivity contribution >= 4 is 70.2 Å². The quantitative estimate of drug-likeness (QED) is 0.542. The van der Waals surface area contributed by atoms with Gasteiger partial charge in [0.25, 0.3) is 0 Å². The minimum Gasteiger partial charge on any atom is 2.00 e. The summed E-state index contributed by atoms with van der Waals surface area (Å²) in [5.41, 5.74) is 0. The van der Waals surface area contributed by atoms with Crippen molar-refractivity contribution in [2.45, 2.75) is 0 Å². The third-order valence-corrected chi connectivity index (χ3v) is 8.63. The number of hydrogen-bond acceptors (Lipinski definition) is 4. The molecule has 0 saturated carbocycles. The van der Waals surface area contributed by atoms with Crippen molar-refractivity contribution in [2.75, 3.05) is 0 Å². The van der Waals surface area contributed by atoms with E-state index in [1.165, 1.54) is 0 Å². The smallest absolute Gasteiger partial charge is 2.00 e. The van der Waals surface area contributed by atoms with Crippen molar-refractivity contribution in [1.29, 1.82) is 0 Å². The molecular formula is C12H10Ge2MgO4. The summed E-state index contributed by atoms with van der Waals surface area (Å²) in [6.07, 6.45) is 10.7. The molecule has 0 spiro atoms. The van der Waals surface area contributed by atoms with Crippen LogP contribution in [0, 0.1) is 0 Å². The molecule has 0 atom stereocenters. The van der Waals surface area contributed by atoms with Crippen molar-refractivity contribution in [1.82, 2.24) is 0 Å². The van der Waals surface area contributed by atoms with Crippen molar-refractivity contribution in [3.8, 4) is 0 Å². The molecule has 0 N–H and O–H groups in total. The molecule has 0 saturated heterocycles. The van der Waals surface area contributed by atoms with E-state index in [1.54, 1.807) is 43.8 Å². The van der Waals surface area contributed by atoms with E-state index in [0.717, 1.165) is 0 Å². The largest absolute Gasteiger partial charge is 2.00 e. The maximum atomic E-state index is 10.2. The van der Waals surface area contributed by atoms with E-state index in [2.05, 4.69) is 0 Å². The Labute approximate surface area is 135 Å². The van der Waals surface area contributed by atoms with Gasteiger partial charge in [-0.1, -0.05) is 0 Å². The first kappa shape index (κ1) is 18.5. The van der Waals surface area contributed by atoms with E-state index < -0.39 is 37.4 Å². The number of rotatable bonds is 2. The number of carboxylic acid groups (broad SMARTS) is 2. The second-order valence-electron chi connectivity index (χ2n) is 3.31. The van der Waals surface area contributed by atoms with Crippen LogP contribution in [0.4, 0.5) is 9.59 Å². The van der Waals surface area contributed by atoms with Gasteiger partial charge in [-0.05, 0) is 0 Å². The van der Waals surface area contributed by atoms with Gasteiger partial charge in [-0.15, -0.1) is 0 Å². The van der Waals surface area contributed by atoms with Gasteiger partial charge in [-0.3, -0.25) is 0 Å². The number of carbonyl (C=O) groups excluding carboxylic acids is 2. The van der Waals surface area contributed by atoms with Gasteiger partial charge in [0.2, 0.25) is 0 Å². The molecule has 0 aliphatic carbocycles. The van der Waals surface area contributed by atoms with Gasteiger partial charge < -0.3 is 0 Å². The summed E-state index contributed by atoms with van der Waals surface area (Å²) in [5, 5.41) is 20.4. The van der Waals surface area contributed by atoms with E-state index in [1.807, 2.05) is 12.2 Å². The first-order valence-electron chi connectivity index (χ1n) is 5.14. The molecule has 0 aromatic carbocycles. The average molecular weight is 388 g/mol. The fourth-order valence-corrected chi connectivity index (χ4v) is 5.43. The van der Waals surface area contributed by atoms with E-state index in [-0.39, 0.29) is 23.1 Å². The average Bonchev–Trinajstić information content (AvgIpc) is 2.41. The monoisotopic (exact) mass is 390 g/mol. The molecule has 0 bridgehead atoms. The first-order chi connectivity index (χ1) is 8.61. The van der Waals surface area contributed by atoms with Gasteiger partial charge in [0, 0.05) is 0 Å². The maximum absolute atomic E-state index is 10.2. The Bertz CT molecular complexity index is 480. The van der Waals surface area contributed by atoms with Crippen LogP contribution < -0.4 is 10.2 Å². The zero-order valence-corrected chi connectivity index (χ0v) is 15.7. The molecular weight excluding hydrogens is 378 g/mol. The second kappa shape index (κ2) is 10.3. The Balaban J connectivity index is 0.000000324. The van der Waals surface area contributed by atoms with Gasteiger partial charge >= 0.3 is 136 Å². The summed E-state index contributed by atoms with van der Waals surface area (Å²) in [7, 11) is 0. The van der Waals surface area contributed by atoms with Crippen molar-refractivity contribution < 1.29 is 19.8 Å². The van der Waals surface area contributed by atoms with E-state index in [0.29, 0.717) is 0 Å². The van der Waals surface area contributed by atoms with E-state index in [4.69, 9.17) is 0 Å². The normalized spacial score (nSPS) is 14.5. The van der Waals surface area contributed by atoms with Crippen LogP contribution in [-0.2, 0) is 0 Å². The summed E-state index contributed by atoms with van der Waals surface area (Å²) >= 11 is -4.07. The van der Waals surface area contributed by atoms with Crippen LogP contribution in [0.25, 0.3) is 0 Å². The van der Waals surface area contributed by atoms with Gasteiger partial charge in [-0.2, -0.15) is 0 Å². The molecule has 2 aliphatic heterocycles. The molecule has 19 heavy (non-hydrogen) atoms.